The smallest absolute Gasteiger partial charge is 0.266 e. The molecule has 2 aromatic carbocycles. The van der Waals surface area contributed by atoms with Crippen molar-refractivity contribution in [2.75, 3.05) is 10.6 Å². The van der Waals surface area contributed by atoms with Gasteiger partial charge in [0, 0.05) is 5.69 Å². The third-order valence-electron chi connectivity index (χ3n) is 4.46. The fraction of sp³-hybridized carbons (Fsp3) is 0.300. The molecule has 0 fully saturated rings. The molecule has 5 nitrogen and oxygen atoms in total. The van der Waals surface area contributed by atoms with E-state index in [0.29, 0.717) is 17.4 Å². The fourth-order valence-corrected chi connectivity index (χ4v) is 2.86. The van der Waals surface area contributed by atoms with Crippen LogP contribution >= 0.6 is 0 Å². The highest BCUT2D eigenvalue weighted by Crippen LogP contribution is 2.30. The minimum atomic E-state index is -0.828. The summed E-state index contributed by atoms with van der Waals surface area (Å²) in [5.41, 5.74) is 2.52. The molecule has 0 saturated heterocycles. The Hall–Kier alpha value is -2.82. The Bertz CT molecular complexity index is 788. The molecule has 2 atom stereocenters. The molecular formula is C20H22N2O3. The van der Waals surface area contributed by atoms with Crippen LogP contribution in [0.1, 0.15) is 38.2 Å². The molecule has 2 amide bonds. The number of rotatable bonds is 5. The normalized spacial score (nSPS) is 17.0. The van der Waals surface area contributed by atoms with Gasteiger partial charge in [-0.15, -0.1) is 0 Å². The van der Waals surface area contributed by atoms with Gasteiger partial charge in [-0.25, -0.2) is 0 Å². The van der Waals surface area contributed by atoms with Gasteiger partial charge < -0.3 is 15.4 Å². The van der Waals surface area contributed by atoms with E-state index >= 15 is 0 Å². The molecule has 0 bridgehead atoms. The fourth-order valence-electron chi connectivity index (χ4n) is 2.86. The topological polar surface area (TPSA) is 67.4 Å². The largest absolute Gasteiger partial charge is 0.478 e. The van der Waals surface area contributed by atoms with Crippen molar-refractivity contribution < 1.29 is 14.3 Å². The number of ether oxygens (including phenoxy) is 1. The number of anilines is 2. The van der Waals surface area contributed by atoms with E-state index < -0.39 is 6.10 Å². The second-order valence-corrected chi connectivity index (χ2v) is 6.24. The van der Waals surface area contributed by atoms with Crippen LogP contribution in [0.3, 0.4) is 0 Å². The average Bonchev–Trinajstić information content (AvgIpc) is 2.62. The molecule has 2 aromatic rings. The van der Waals surface area contributed by atoms with Crippen molar-refractivity contribution in [1.82, 2.24) is 0 Å². The Balaban J connectivity index is 1.69. The maximum absolute atomic E-state index is 12.4. The van der Waals surface area contributed by atoms with E-state index in [1.807, 2.05) is 36.4 Å². The van der Waals surface area contributed by atoms with Gasteiger partial charge in [-0.3, -0.25) is 9.59 Å². The highest BCUT2D eigenvalue weighted by atomic mass is 16.5. The van der Waals surface area contributed by atoms with Crippen molar-refractivity contribution in [2.24, 2.45) is 0 Å². The number of amides is 2. The van der Waals surface area contributed by atoms with E-state index in [9.17, 15) is 9.59 Å². The first-order valence-corrected chi connectivity index (χ1v) is 8.53. The first-order valence-electron chi connectivity index (χ1n) is 8.53. The van der Waals surface area contributed by atoms with Crippen LogP contribution in [0.2, 0.25) is 0 Å². The van der Waals surface area contributed by atoms with E-state index in [4.69, 9.17) is 4.74 Å². The van der Waals surface area contributed by atoms with E-state index in [-0.39, 0.29) is 18.2 Å². The van der Waals surface area contributed by atoms with Gasteiger partial charge in [-0.1, -0.05) is 44.2 Å². The van der Waals surface area contributed by atoms with E-state index in [2.05, 4.69) is 24.5 Å². The minimum Gasteiger partial charge on any atom is -0.478 e. The lowest BCUT2D eigenvalue weighted by Gasteiger charge is -2.25. The molecule has 1 aliphatic heterocycles. The number of nitrogens with one attached hydrogen (secondary N) is 2. The van der Waals surface area contributed by atoms with Gasteiger partial charge >= 0.3 is 0 Å². The van der Waals surface area contributed by atoms with Crippen LogP contribution in [-0.2, 0) is 9.59 Å². The van der Waals surface area contributed by atoms with Crippen molar-refractivity contribution in [3.8, 4) is 5.75 Å². The summed E-state index contributed by atoms with van der Waals surface area (Å²) < 4.78 is 5.68. The first-order chi connectivity index (χ1) is 12.1. The summed E-state index contributed by atoms with van der Waals surface area (Å²) in [6.07, 6.45) is 0.123. The number of hydrogen-bond donors (Lipinski definition) is 2. The Labute approximate surface area is 147 Å². The second-order valence-electron chi connectivity index (χ2n) is 6.24. The van der Waals surface area contributed by atoms with Gasteiger partial charge in [0.25, 0.3) is 5.91 Å². The van der Waals surface area contributed by atoms with Gasteiger partial charge in [0.15, 0.2) is 6.10 Å². The number of carbonyl (C=O) groups excluding carboxylic acids is 2. The zero-order valence-corrected chi connectivity index (χ0v) is 14.4. The number of benzene rings is 2. The van der Waals surface area contributed by atoms with Crippen LogP contribution in [0.15, 0.2) is 48.5 Å². The molecule has 0 radical (unpaired) electrons. The third kappa shape index (κ3) is 3.82. The number of hydrogen-bond acceptors (Lipinski definition) is 3. The molecule has 1 heterocycles. The molecule has 0 aliphatic carbocycles. The number of para-hydroxylation sites is 3. The molecule has 0 saturated carbocycles. The summed E-state index contributed by atoms with van der Waals surface area (Å²) in [6.45, 7) is 4.24. The Morgan fingerprint density at radius 1 is 1.20 bits per heavy atom. The molecule has 130 valence electrons. The highest BCUT2D eigenvalue weighted by molar-refractivity contribution is 6.02. The average molecular weight is 338 g/mol. The molecule has 0 spiro atoms. The highest BCUT2D eigenvalue weighted by Gasteiger charge is 2.29. The van der Waals surface area contributed by atoms with Gasteiger partial charge in [-0.05, 0) is 36.1 Å². The zero-order valence-electron chi connectivity index (χ0n) is 14.4. The summed E-state index contributed by atoms with van der Waals surface area (Å²) in [4.78, 5) is 24.6. The van der Waals surface area contributed by atoms with Gasteiger partial charge in [0.05, 0.1) is 12.1 Å². The predicted molar refractivity (Wildman–Crippen MR) is 97.9 cm³/mol. The zero-order chi connectivity index (χ0) is 17.8. The van der Waals surface area contributed by atoms with Crippen LogP contribution in [0, 0.1) is 0 Å². The summed E-state index contributed by atoms with van der Waals surface area (Å²) >= 11 is 0. The van der Waals surface area contributed by atoms with Crippen molar-refractivity contribution >= 4 is 23.2 Å². The molecule has 1 aliphatic rings. The quantitative estimate of drug-likeness (QED) is 0.868. The first kappa shape index (κ1) is 17.0. The SMILES string of the molecule is CCC(C)c1ccccc1NC(=O)CC1Oc2ccccc2NC1=O. The summed E-state index contributed by atoms with van der Waals surface area (Å²) in [7, 11) is 0. The van der Waals surface area contributed by atoms with Gasteiger partial charge in [0.1, 0.15) is 5.75 Å². The maximum Gasteiger partial charge on any atom is 0.266 e. The lowest BCUT2D eigenvalue weighted by Crippen LogP contribution is -2.39. The lowest BCUT2D eigenvalue weighted by atomic mass is 9.97. The Kier molecular flexibility index (Phi) is 5.03. The Morgan fingerprint density at radius 2 is 1.92 bits per heavy atom. The number of fused-ring (bicyclic) bond motifs is 1. The van der Waals surface area contributed by atoms with Crippen LogP contribution in [0.4, 0.5) is 11.4 Å². The number of carbonyl (C=O) groups is 2. The van der Waals surface area contributed by atoms with Crippen LogP contribution in [-0.4, -0.2) is 17.9 Å². The molecule has 0 aromatic heterocycles. The van der Waals surface area contributed by atoms with E-state index in [1.165, 1.54) is 0 Å². The lowest BCUT2D eigenvalue weighted by molar-refractivity contribution is -0.128. The van der Waals surface area contributed by atoms with Crippen molar-refractivity contribution in [2.45, 2.75) is 38.7 Å². The maximum atomic E-state index is 12.4. The molecule has 5 heteroatoms. The molecule has 2 unspecified atom stereocenters. The van der Waals surface area contributed by atoms with Crippen LogP contribution in [0.5, 0.6) is 5.75 Å². The minimum absolute atomic E-state index is 0.0327. The van der Waals surface area contributed by atoms with Crippen LogP contribution in [0.25, 0.3) is 0 Å². The molecule has 25 heavy (non-hydrogen) atoms. The Morgan fingerprint density at radius 3 is 2.72 bits per heavy atom. The monoisotopic (exact) mass is 338 g/mol. The molecule has 3 rings (SSSR count). The second kappa shape index (κ2) is 7.38. The van der Waals surface area contributed by atoms with Crippen molar-refractivity contribution in [1.29, 1.82) is 0 Å². The van der Waals surface area contributed by atoms with Crippen LogP contribution < -0.4 is 15.4 Å². The molecular weight excluding hydrogens is 316 g/mol. The molecule has 2 N–H and O–H groups in total. The van der Waals surface area contributed by atoms with Gasteiger partial charge in [-0.2, -0.15) is 0 Å². The van der Waals surface area contributed by atoms with Gasteiger partial charge in [0.2, 0.25) is 5.91 Å². The third-order valence-corrected chi connectivity index (χ3v) is 4.46. The van der Waals surface area contributed by atoms with Crippen molar-refractivity contribution in [3.05, 3.63) is 54.1 Å². The van der Waals surface area contributed by atoms with E-state index in [0.717, 1.165) is 17.7 Å². The van der Waals surface area contributed by atoms with Crippen molar-refractivity contribution in [3.63, 3.8) is 0 Å². The summed E-state index contributed by atoms with van der Waals surface area (Å²) in [5.74, 6) is 0.386. The summed E-state index contributed by atoms with van der Waals surface area (Å²) in [6, 6.07) is 15.0. The van der Waals surface area contributed by atoms with E-state index in [1.54, 1.807) is 12.1 Å². The summed E-state index contributed by atoms with van der Waals surface area (Å²) in [5, 5.41) is 5.69. The predicted octanol–water partition coefficient (Wildman–Crippen LogP) is 3.93. The standard InChI is InChI=1S/C20H22N2O3/c1-3-13(2)14-8-4-5-9-15(14)21-19(23)12-18-20(24)22-16-10-6-7-11-17(16)25-18/h4-11,13,18H,3,12H2,1-2H3,(H,21,23)(H,22,24).